The van der Waals surface area contributed by atoms with Crippen molar-refractivity contribution in [3.8, 4) is 5.75 Å². The molecule has 2 atom stereocenters. The van der Waals surface area contributed by atoms with Gasteiger partial charge in [0.15, 0.2) is 0 Å². The van der Waals surface area contributed by atoms with Gasteiger partial charge in [-0.3, -0.25) is 4.79 Å². The van der Waals surface area contributed by atoms with Crippen molar-refractivity contribution < 1.29 is 27.1 Å². The van der Waals surface area contributed by atoms with Crippen molar-refractivity contribution in [2.75, 3.05) is 26.8 Å². The van der Waals surface area contributed by atoms with E-state index in [0.717, 1.165) is 4.31 Å². The first kappa shape index (κ1) is 22.2. The van der Waals surface area contributed by atoms with E-state index in [0.29, 0.717) is 12.4 Å². The van der Waals surface area contributed by atoms with E-state index < -0.39 is 39.6 Å². The second-order valence-corrected chi connectivity index (χ2v) is 8.93. The Morgan fingerprint density at radius 2 is 1.87 bits per heavy atom. The molecule has 3 rings (SSSR count). The lowest BCUT2D eigenvalue weighted by Crippen LogP contribution is -2.46. The molecule has 1 aliphatic heterocycles. The van der Waals surface area contributed by atoms with Gasteiger partial charge >= 0.3 is 0 Å². The summed E-state index contributed by atoms with van der Waals surface area (Å²) in [7, 11) is -2.45. The molecule has 1 saturated heterocycles. The quantitative estimate of drug-likeness (QED) is 0.608. The highest BCUT2D eigenvalue weighted by molar-refractivity contribution is 7.88. The second kappa shape index (κ2) is 10.0. The normalized spacial score (nSPS) is 19.5. The van der Waals surface area contributed by atoms with Gasteiger partial charge in [0.2, 0.25) is 15.9 Å². The Kier molecular flexibility index (Phi) is 7.41. The predicted molar refractivity (Wildman–Crippen MR) is 110 cm³/mol. The number of hydrogen-bond acceptors (Lipinski definition) is 5. The van der Waals surface area contributed by atoms with E-state index in [1.165, 1.54) is 25.3 Å². The molecule has 9 heteroatoms. The van der Waals surface area contributed by atoms with Gasteiger partial charge < -0.3 is 14.8 Å². The number of rotatable bonds is 9. The highest BCUT2D eigenvalue weighted by Crippen LogP contribution is 2.28. The molecule has 2 unspecified atom stereocenters. The molecule has 0 aromatic heterocycles. The first-order valence-corrected chi connectivity index (χ1v) is 11.2. The van der Waals surface area contributed by atoms with Crippen molar-refractivity contribution in [3.63, 3.8) is 0 Å². The average molecular weight is 437 g/mol. The maximum Gasteiger partial charge on any atom is 0.238 e. The third-order valence-corrected chi connectivity index (χ3v) is 6.62. The molecular weight excluding hydrogens is 411 g/mol. The van der Waals surface area contributed by atoms with Gasteiger partial charge in [0.05, 0.1) is 18.9 Å². The van der Waals surface area contributed by atoms with Crippen LogP contribution in [0, 0.1) is 5.82 Å². The predicted octanol–water partition coefficient (Wildman–Crippen LogP) is 1.94. The van der Waals surface area contributed by atoms with Gasteiger partial charge in [-0.25, -0.2) is 12.8 Å². The highest BCUT2D eigenvalue weighted by Gasteiger charge is 2.44. The summed E-state index contributed by atoms with van der Waals surface area (Å²) in [6.07, 6.45) is -0.300. The van der Waals surface area contributed by atoms with Crippen LogP contribution in [0.5, 0.6) is 5.75 Å². The Bertz CT molecular complexity index is 955. The van der Waals surface area contributed by atoms with Crippen LogP contribution in [0.3, 0.4) is 0 Å². The zero-order valence-electron chi connectivity index (χ0n) is 16.7. The number of nitrogens with zero attached hydrogens (tertiary/aromatic N) is 1. The van der Waals surface area contributed by atoms with Crippen LogP contribution in [0.15, 0.2) is 54.6 Å². The second-order valence-electron chi connectivity index (χ2n) is 7.01. The fourth-order valence-corrected chi connectivity index (χ4v) is 5.14. The molecule has 7 nitrogen and oxygen atoms in total. The fraction of sp³-hybridized carbons (Fsp3) is 0.381. The number of amides is 1. The van der Waals surface area contributed by atoms with Crippen LogP contribution in [0.25, 0.3) is 0 Å². The largest absolute Gasteiger partial charge is 0.489 e. The van der Waals surface area contributed by atoms with Crippen molar-refractivity contribution >= 4 is 15.9 Å². The molecule has 0 saturated carbocycles. The number of nitrogens with one attached hydrogen (secondary N) is 1. The molecule has 1 N–H and O–H groups in total. The Morgan fingerprint density at radius 3 is 2.57 bits per heavy atom. The van der Waals surface area contributed by atoms with Crippen LogP contribution in [0.1, 0.15) is 12.0 Å². The number of sulfonamides is 1. The van der Waals surface area contributed by atoms with Crippen LogP contribution >= 0.6 is 0 Å². The number of ether oxygens (including phenoxy) is 2. The monoisotopic (exact) mass is 436 g/mol. The lowest BCUT2D eigenvalue weighted by molar-refractivity contribution is -0.124. The first-order valence-electron chi connectivity index (χ1n) is 9.62. The molecule has 1 aliphatic rings. The van der Waals surface area contributed by atoms with Crippen molar-refractivity contribution in [3.05, 3.63) is 66.0 Å². The van der Waals surface area contributed by atoms with E-state index in [9.17, 15) is 17.6 Å². The summed E-state index contributed by atoms with van der Waals surface area (Å²) >= 11 is 0. The van der Waals surface area contributed by atoms with Gasteiger partial charge in [-0.15, -0.1) is 0 Å². The Morgan fingerprint density at radius 1 is 1.17 bits per heavy atom. The summed E-state index contributed by atoms with van der Waals surface area (Å²) < 4.78 is 52.2. The molecule has 1 heterocycles. The summed E-state index contributed by atoms with van der Waals surface area (Å²) in [5, 5.41) is 2.69. The molecule has 2 aromatic carbocycles. The van der Waals surface area contributed by atoms with E-state index in [4.69, 9.17) is 9.47 Å². The minimum atomic E-state index is -3.96. The highest BCUT2D eigenvalue weighted by atomic mass is 32.2. The molecule has 1 amide bonds. The topological polar surface area (TPSA) is 84.9 Å². The molecular formula is C21H25FN2O5S. The lowest BCUT2D eigenvalue weighted by Gasteiger charge is -2.23. The first-order chi connectivity index (χ1) is 14.4. The third kappa shape index (κ3) is 5.56. The van der Waals surface area contributed by atoms with E-state index in [1.807, 2.05) is 18.2 Å². The van der Waals surface area contributed by atoms with Crippen LogP contribution in [0.4, 0.5) is 4.39 Å². The fourth-order valence-electron chi connectivity index (χ4n) is 3.38. The smallest absolute Gasteiger partial charge is 0.238 e. The summed E-state index contributed by atoms with van der Waals surface area (Å²) in [6.45, 7) is 0.579. The number of hydrogen-bond donors (Lipinski definition) is 1. The maximum absolute atomic E-state index is 14.0. The minimum absolute atomic E-state index is 0.00798. The number of methoxy groups -OCH3 is 1. The molecule has 1 fully saturated rings. The molecule has 30 heavy (non-hydrogen) atoms. The summed E-state index contributed by atoms with van der Waals surface area (Å²) in [5.41, 5.74) is 0.0588. The van der Waals surface area contributed by atoms with Gasteiger partial charge in [-0.2, -0.15) is 4.31 Å². The van der Waals surface area contributed by atoms with Crippen LogP contribution in [0.2, 0.25) is 0 Å². The molecule has 0 spiro atoms. The van der Waals surface area contributed by atoms with E-state index in [2.05, 4.69) is 5.32 Å². The molecule has 0 bridgehead atoms. The number of para-hydroxylation sites is 1. The Balaban J connectivity index is 1.79. The SMILES string of the molecule is COCCNC(=O)C1CC(Oc2ccccc2)CN1S(=O)(=O)Cc1ccccc1F. The van der Waals surface area contributed by atoms with Gasteiger partial charge in [0.25, 0.3) is 0 Å². The molecule has 162 valence electrons. The Hall–Kier alpha value is -2.49. The van der Waals surface area contributed by atoms with Crippen molar-refractivity contribution in [1.82, 2.24) is 9.62 Å². The van der Waals surface area contributed by atoms with Gasteiger partial charge in [-0.1, -0.05) is 36.4 Å². The number of halogens is 1. The van der Waals surface area contributed by atoms with Crippen molar-refractivity contribution in [2.45, 2.75) is 24.3 Å². The molecule has 0 aliphatic carbocycles. The van der Waals surface area contributed by atoms with E-state index in [1.54, 1.807) is 18.2 Å². The van der Waals surface area contributed by atoms with Gasteiger partial charge in [0.1, 0.15) is 23.7 Å². The van der Waals surface area contributed by atoms with E-state index >= 15 is 0 Å². The zero-order chi connectivity index (χ0) is 21.6. The van der Waals surface area contributed by atoms with Crippen LogP contribution < -0.4 is 10.1 Å². The lowest BCUT2D eigenvalue weighted by atomic mass is 10.2. The standard InChI is InChI=1S/C21H25FN2O5S/c1-28-12-11-23-21(25)20-13-18(29-17-8-3-2-4-9-17)14-24(20)30(26,27)15-16-7-5-6-10-19(16)22/h2-10,18,20H,11-15H2,1H3,(H,23,25). The molecule has 0 radical (unpaired) electrons. The number of carbonyl (C=O) groups excluding carboxylic acids is 1. The van der Waals surface area contributed by atoms with Gasteiger partial charge in [-0.05, 0) is 18.2 Å². The van der Waals surface area contributed by atoms with Gasteiger partial charge in [0, 0.05) is 25.6 Å². The summed E-state index contributed by atoms with van der Waals surface area (Å²) in [6, 6.07) is 13.8. The summed E-state index contributed by atoms with van der Waals surface area (Å²) in [4.78, 5) is 12.7. The maximum atomic E-state index is 14.0. The average Bonchev–Trinajstić information content (AvgIpc) is 3.15. The summed E-state index contributed by atoms with van der Waals surface area (Å²) in [5.74, 6) is -0.962. The minimum Gasteiger partial charge on any atom is -0.489 e. The van der Waals surface area contributed by atoms with Crippen molar-refractivity contribution in [2.24, 2.45) is 0 Å². The van der Waals surface area contributed by atoms with Crippen molar-refractivity contribution in [1.29, 1.82) is 0 Å². The van der Waals surface area contributed by atoms with Crippen LogP contribution in [-0.4, -0.2) is 57.6 Å². The third-order valence-electron chi connectivity index (χ3n) is 4.82. The number of carbonyl (C=O) groups is 1. The molecule has 2 aromatic rings. The zero-order valence-corrected chi connectivity index (χ0v) is 17.5. The Labute approximate surface area is 175 Å². The number of benzene rings is 2. The van der Waals surface area contributed by atoms with E-state index in [-0.39, 0.29) is 25.1 Å². The van der Waals surface area contributed by atoms with Crippen LogP contribution in [-0.2, 0) is 25.3 Å².